The Labute approximate surface area is 240 Å². The van der Waals surface area contributed by atoms with Gasteiger partial charge in [0, 0.05) is 12.7 Å². The number of carbonyl (C=O) groups is 1. The van der Waals surface area contributed by atoms with Crippen LogP contribution in [0.1, 0.15) is 23.7 Å². The first-order valence-electron chi connectivity index (χ1n) is 13.8. The van der Waals surface area contributed by atoms with Crippen molar-refractivity contribution in [3.63, 3.8) is 0 Å². The summed E-state index contributed by atoms with van der Waals surface area (Å²) < 4.78 is 23.2. The minimum atomic E-state index is -0.288. The van der Waals surface area contributed by atoms with Gasteiger partial charge in [0.05, 0.1) is 50.9 Å². The number of Topliss-reactive ketones (excluding diaryl/α,β-unsaturated/α-hetero) is 1. The Morgan fingerprint density at radius 2 is 1.46 bits per heavy atom. The van der Waals surface area contributed by atoms with E-state index in [4.69, 9.17) is 18.9 Å². The van der Waals surface area contributed by atoms with Crippen LogP contribution in [0.5, 0.6) is 11.5 Å². The zero-order valence-corrected chi connectivity index (χ0v) is 23.6. The normalized spacial score (nSPS) is 16.1. The smallest absolute Gasteiger partial charge is 0.261 e. The summed E-state index contributed by atoms with van der Waals surface area (Å²) in [5.74, 6) is 1.79. The molecule has 8 nitrogen and oxygen atoms in total. The number of ketones is 1. The van der Waals surface area contributed by atoms with Crippen LogP contribution >= 0.6 is 0 Å². The van der Waals surface area contributed by atoms with E-state index >= 15 is 0 Å². The molecule has 0 spiro atoms. The molecule has 0 fully saturated rings. The highest BCUT2D eigenvalue weighted by molar-refractivity contribution is 6.08. The number of nitrogens with zero attached hydrogens (tertiary/aromatic N) is 3. The Morgan fingerprint density at radius 1 is 0.854 bits per heavy atom. The number of ether oxygens (including phenoxy) is 4. The summed E-state index contributed by atoms with van der Waals surface area (Å²) in [6.07, 6.45) is 5.36. The molecule has 2 aromatic carbocycles. The van der Waals surface area contributed by atoms with Gasteiger partial charge >= 0.3 is 0 Å². The van der Waals surface area contributed by atoms with Crippen molar-refractivity contribution in [2.45, 2.75) is 13.5 Å². The molecule has 2 aliphatic heterocycles. The minimum Gasteiger partial charge on any atom is -0.492 e. The highest BCUT2D eigenvalue weighted by Gasteiger charge is 2.27. The maximum absolute atomic E-state index is 12.8. The second-order valence-corrected chi connectivity index (χ2v) is 9.97. The number of anilines is 2. The number of hydrogen-bond donors (Lipinski definition) is 0. The van der Waals surface area contributed by atoms with Crippen LogP contribution in [0.4, 0.5) is 11.4 Å². The maximum Gasteiger partial charge on any atom is 0.261 e. The maximum atomic E-state index is 12.8. The van der Waals surface area contributed by atoms with Crippen molar-refractivity contribution in [2.75, 3.05) is 56.9 Å². The molecule has 0 unspecified atom stereocenters. The Balaban J connectivity index is 1.48. The first kappa shape index (κ1) is 26.5. The van der Waals surface area contributed by atoms with Crippen LogP contribution in [0.25, 0.3) is 5.57 Å². The fourth-order valence-electron chi connectivity index (χ4n) is 5.57. The number of fused-ring (bicyclic) bond motifs is 2. The van der Waals surface area contributed by atoms with Crippen molar-refractivity contribution < 1.29 is 23.7 Å². The third kappa shape index (κ3) is 5.13. The van der Waals surface area contributed by atoms with E-state index in [-0.39, 0.29) is 17.3 Å². The highest BCUT2D eigenvalue weighted by atomic mass is 16.5. The molecular formula is C33H33N3O5. The lowest BCUT2D eigenvalue weighted by atomic mass is 9.89. The Bertz CT molecular complexity index is 1530. The summed E-state index contributed by atoms with van der Waals surface area (Å²) in [6.45, 7) is 6.58. The fraction of sp³-hybridized carbons (Fsp3) is 0.273. The van der Waals surface area contributed by atoms with Crippen LogP contribution in [0.2, 0.25) is 0 Å². The van der Waals surface area contributed by atoms with Crippen LogP contribution in [0.3, 0.4) is 0 Å². The van der Waals surface area contributed by atoms with E-state index in [1.165, 1.54) is 14.2 Å². The van der Waals surface area contributed by atoms with E-state index in [2.05, 4.69) is 58.1 Å². The number of carbonyl (C=O) groups excluding carboxylic acids is 1. The second-order valence-electron chi connectivity index (χ2n) is 9.97. The standard InChI is InChI=1S/C33H33N3O5/c1-4-35-13-15-40-28-17-22(8-10-26(28)35)32(24-19-30(38-2)33(37)31(20-24)39-3)23-9-11-27-29(18-23)41-16-14-36(27)21-25-7-5-6-12-34-25/h5-12,17-20H,4,13-16,21H2,1-3H3. The molecule has 0 saturated heterocycles. The number of benzene rings is 2. The van der Waals surface area contributed by atoms with Crippen molar-refractivity contribution in [3.05, 3.63) is 107 Å². The predicted molar refractivity (Wildman–Crippen MR) is 158 cm³/mol. The predicted octanol–water partition coefficient (Wildman–Crippen LogP) is 5.14. The monoisotopic (exact) mass is 551 g/mol. The number of methoxy groups -OCH3 is 2. The number of rotatable bonds is 7. The first-order valence-corrected chi connectivity index (χ1v) is 13.8. The summed E-state index contributed by atoms with van der Waals surface area (Å²) in [5.41, 5.74) is 6.69. The Kier molecular flexibility index (Phi) is 7.37. The molecule has 3 aromatic rings. The molecule has 0 atom stereocenters. The van der Waals surface area contributed by atoms with Crippen molar-refractivity contribution >= 4 is 22.7 Å². The van der Waals surface area contributed by atoms with Crippen LogP contribution in [0, 0.1) is 0 Å². The zero-order chi connectivity index (χ0) is 28.3. The molecule has 8 heteroatoms. The average Bonchev–Trinajstić information content (AvgIpc) is 3.02. The zero-order valence-electron chi connectivity index (χ0n) is 23.6. The van der Waals surface area contributed by atoms with Crippen molar-refractivity contribution in [3.8, 4) is 11.5 Å². The first-order chi connectivity index (χ1) is 20.1. The lowest BCUT2D eigenvalue weighted by Crippen LogP contribution is -2.32. The molecule has 0 radical (unpaired) electrons. The molecule has 6 rings (SSSR count). The molecule has 0 bridgehead atoms. The van der Waals surface area contributed by atoms with Gasteiger partial charge in [-0.3, -0.25) is 9.78 Å². The van der Waals surface area contributed by atoms with Crippen molar-refractivity contribution in [1.29, 1.82) is 0 Å². The molecule has 3 aliphatic rings. The number of likely N-dealkylation sites (N-methyl/N-ethyl adjacent to an activating group) is 1. The van der Waals surface area contributed by atoms with E-state index < -0.39 is 0 Å². The molecule has 0 amide bonds. The van der Waals surface area contributed by atoms with Crippen LogP contribution < -0.4 is 19.3 Å². The molecule has 1 aromatic heterocycles. The van der Waals surface area contributed by atoms with Crippen LogP contribution in [-0.4, -0.2) is 57.8 Å². The third-order valence-electron chi connectivity index (χ3n) is 7.63. The number of pyridine rings is 1. The average molecular weight is 552 g/mol. The Morgan fingerprint density at radius 3 is 2.02 bits per heavy atom. The van der Waals surface area contributed by atoms with Crippen LogP contribution in [-0.2, 0) is 20.8 Å². The van der Waals surface area contributed by atoms with Gasteiger partial charge in [0.2, 0.25) is 0 Å². The molecule has 210 valence electrons. The van der Waals surface area contributed by atoms with Gasteiger partial charge < -0.3 is 28.7 Å². The number of hydrogen-bond acceptors (Lipinski definition) is 8. The molecule has 41 heavy (non-hydrogen) atoms. The molecule has 0 saturated carbocycles. The minimum absolute atomic E-state index is 0.221. The third-order valence-corrected chi connectivity index (χ3v) is 7.63. The van der Waals surface area contributed by atoms with Gasteiger partial charge in [-0.15, -0.1) is 0 Å². The lowest BCUT2D eigenvalue weighted by Gasteiger charge is -2.32. The number of aromatic nitrogens is 1. The highest BCUT2D eigenvalue weighted by Crippen LogP contribution is 2.41. The SMILES string of the molecule is CCN1CCOc2cc(C(=C3C=C(OC)C(=O)C(OC)=C3)c3ccc4c(c3)OCCN4Cc3ccccn3)ccc21. The van der Waals surface area contributed by atoms with E-state index in [1.807, 2.05) is 24.4 Å². The summed E-state index contributed by atoms with van der Waals surface area (Å²) in [4.78, 5) is 21.9. The molecule has 1 aliphatic carbocycles. The summed E-state index contributed by atoms with van der Waals surface area (Å²) in [7, 11) is 2.99. The quantitative estimate of drug-likeness (QED) is 0.400. The fourth-order valence-corrected chi connectivity index (χ4v) is 5.57. The van der Waals surface area contributed by atoms with E-state index in [0.29, 0.717) is 19.8 Å². The van der Waals surface area contributed by atoms with E-state index in [1.54, 1.807) is 12.2 Å². The van der Waals surface area contributed by atoms with Crippen LogP contribution in [0.15, 0.2) is 90.0 Å². The van der Waals surface area contributed by atoms with Crippen molar-refractivity contribution in [1.82, 2.24) is 4.98 Å². The Hall–Kier alpha value is -4.72. The molecule has 3 heterocycles. The second kappa shape index (κ2) is 11.4. The molecule has 0 N–H and O–H groups in total. The summed E-state index contributed by atoms with van der Waals surface area (Å²) >= 11 is 0. The van der Waals surface area contributed by atoms with Gasteiger partial charge in [-0.05, 0) is 77.7 Å². The van der Waals surface area contributed by atoms with E-state index in [9.17, 15) is 4.79 Å². The topological polar surface area (TPSA) is 73.4 Å². The van der Waals surface area contributed by atoms with E-state index in [0.717, 1.165) is 70.5 Å². The van der Waals surface area contributed by atoms with Gasteiger partial charge in [0.1, 0.15) is 24.7 Å². The van der Waals surface area contributed by atoms with Gasteiger partial charge in [0.25, 0.3) is 5.78 Å². The van der Waals surface area contributed by atoms with Gasteiger partial charge in [-0.2, -0.15) is 0 Å². The van der Waals surface area contributed by atoms with Gasteiger partial charge in [0.15, 0.2) is 11.5 Å². The largest absolute Gasteiger partial charge is 0.492 e. The number of allylic oxidation sites excluding steroid dienone is 3. The summed E-state index contributed by atoms with van der Waals surface area (Å²) in [6, 6.07) is 18.5. The van der Waals surface area contributed by atoms with Gasteiger partial charge in [-0.1, -0.05) is 18.2 Å². The summed E-state index contributed by atoms with van der Waals surface area (Å²) in [5, 5.41) is 0. The van der Waals surface area contributed by atoms with Crippen molar-refractivity contribution in [2.24, 2.45) is 0 Å². The molecular weight excluding hydrogens is 518 g/mol. The van der Waals surface area contributed by atoms with Gasteiger partial charge in [-0.25, -0.2) is 0 Å². The lowest BCUT2D eigenvalue weighted by molar-refractivity contribution is -0.117.